The molecule has 2 aromatic carbocycles. The molecule has 88 valence electrons. The van der Waals surface area contributed by atoms with Crippen LogP contribution in [0.3, 0.4) is 0 Å². The Balaban J connectivity index is 2.53. The quantitative estimate of drug-likeness (QED) is 0.850. The van der Waals surface area contributed by atoms with E-state index in [1.54, 1.807) is 6.07 Å². The van der Waals surface area contributed by atoms with Gasteiger partial charge in [-0.3, -0.25) is 0 Å². The Hall–Kier alpha value is -1.13. The second kappa shape index (κ2) is 4.63. The van der Waals surface area contributed by atoms with Gasteiger partial charge in [0.05, 0.1) is 4.90 Å². The fraction of sp³-hybridized carbons (Fsp3) is 0.0769. The normalized spacial score (nSPS) is 11.4. The zero-order chi connectivity index (χ0) is 12.5. The van der Waals surface area contributed by atoms with Gasteiger partial charge in [0.1, 0.15) is 0 Å². The van der Waals surface area contributed by atoms with Gasteiger partial charge in [0.15, 0.2) is 9.84 Å². The molecule has 0 bridgehead atoms. The van der Waals surface area contributed by atoms with Gasteiger partial charge in [-0.05, 0) is 39.2 Å². The standard InChI is InChI=1S/C13H11BrO2S/c1-17(15,16)13-8-7-11(9-12(13)14)10-5-3-2-4-6-10/h2-9H,1H3. The summed E-state index contributed by atoms with van der Waals surface area (Å²) >= 11 is 3.30. The molecule has 0 amide bonds. The van der Waals surface area contributed by atoms with Crippen molar-refractivity contribution in [3.8, 4) is 11.1 Å². The van der Waals surface area contributed by atoms with Gasteiger partial charge < -0.3 is 0 Å². The summed E-state index contributed by atoms with van der Waals surface area (Å²) in [6.45, 7) is 0. The largest absolute Gasteiger partial charge is 0.224 e. The van der Waals surface area contributed by atoms with Crippen LogP contribution in [0.25, 0.3) is 11.1 Å². The van der Waals surface area contributed by atoms with Crippen molar-refractivity contribution < 1.29 is 8.42 Å². The SMILES string of the molecule is CS(=O)(=O)c1ccc(-c2ccccc2)cc1Br. The van der Waals surface area contributed by atoms with E-state index in [1.807, 2.05) is 42.5 Å². The van der Waals surface area contributed by atoms with Crippen LogP contribution in [0.1, 0.15) is 0 Å². The first-order chi connectivity index (χ1) is 7.98. The molecule has 2 nitrogen and oxygen atoms in total. The molecule has 17 heavy (non-hydrogen) atoms. The summed E-state index contributed by atoms with van der Waals surface area (Å²) in [5.74, 6) is 0. The van der Waals surface area contributed by atoms with E-state index >= 15 is 0 Å². The van der Waals surface area contributed by atoms with Gasteiger partial charge in [-0.1, -0.05) is 36.4 Å². The van der Waals surface area contributed by atoms with Gasteiger partial charge in [0, 0.05) is 10.7 Å². The van der Waals surface area contributed by atoms with E-state index in [0.29, 0.717) is 9.37 Å². The highest BCUT2D eigenvalue weighted by molar-refractivity contribution is 9.10. The Morgan fingerprint density at radius 2 is 1.59 bits per heavy atom. The zero-order valence-corrected chi connectivity index (χ0v) is 11.6. The van der Waals surface area contributed by atoms with Crippen LogP contribution in [-0.2, 0) is 9.84 Å². The molecule has 0 aliphatic rings. The second-order valence-corrected chi connectivity index (χ2v) is 6.62. The smallest absolute Gasteiger partial charge is 0.176 e. The first kappa shape index (κ1) is 12.3. The summed E-state index contributed by atoms with van der Waals surface area (Å²) in [7, 11) is -3.18. The van der Waals surface area contributed by atoms with Crippen LogP contribution in [0, 0.1) is 0 Å². The summed E-state index contributed by atoms with van der Waals surface area (Å²) in [5.41, 5.74) is 2.05. The molecule has 0 aromatic heterocycles. The maximum absolute atomic E-state index is 11.5. The Bertz CT molecular complexity index is 634. The van der Waals surface area contributed by atoms with Crippen molar-refractivity contribution in [2.75, 3.05) is 6.26 Å². The van der Waals surface area contributed by atoms with E-state index in [1.165, 1.54) is 6.26 Å². The molecule has 0 saturated carbocycles. The van der Waals surface area contributed by atoms with Gasteiger partial charge in [0.2, 0.25) is 0 Å². The van der Waals surface area contributed by atoms with Crippen molar-refractivity contribution in [2.24, 2.45) is 0 Å². The molecule has 0 unspecified atom stereocenters. The van der Waals surface area contributed by atoms with E-state index in [0.717, 1.165) is 11.1 Å². The van der Waals surface area contributed by atoms with Gasteiger partial charge >= 0.3 is 0 Å². The van der Waals surface area contributed by atoms with Gasteiger partial charge in [0.25, 0.3) is 0 Å². The molecular weight excluding hydrogens is 300 g/mol. The minimum Gasteiger partial charge on any atom is -0.224 e. The number of hydrogen-bond acceptors (Lipinski definition) is 2. The molecule has 0 aliphatic heterocycles. The lowest BCUT2D eigenvalue weighted by Gasteiger charge is -2.06. The molecule has 2 aromatic rings. The van der Waals surface area contributed by atoms with Crippen molar-refractivity contribution in [1.82, 2.24) is 0 Å². The molecule has 4 heteroatoms. The lowest BCUT2D eigenvalue weighted by molar-refractivity contribution is 0.601. The maximum Gasteiger partial charge on any atom is 0.176 e. The molecule has 0 aliphatic carbocycles. The van der Waals surface area contributed by atoms with Crippen molar-refractivity contribution in [3.63, 3.8) is 0 Å². The molecular formula is C13H11BrO2S. The molecule has 0 N–H and O–H groups in total. The Morgan fingerprint density at radius 1 is 0.941 bits per heavy atom. The first-order valence-corrected chi connectivity index (χ1v) is 7.72. The van der Waals surface area contributed by atoms with E-state index in [9.17, 15) is 8.42 Å². The molecule has 0 saturated heterocycles. The summed E-state index contributed by atoms with van der Waals surface area (Å²) in [6, 6.07) is 15.1. The summed E-state index contributed by atoms with van der Waals surface area (Å²) in [5, 5.41) is 0. The number of hydrogen-bond donors (Lipinski definition) is 0. The third-order valence-corrected chi connectivity index (χ3v) is 4.51. The lowest BCUT2D eigenvalue weighted by atomic mass is 10.1. The summed E-state index contributed by atoms with van der Waals surface area (Å²) < 4.78 is 23.5. The average Bonchev–Trinajstić information content (AvgIpc) is 2.28. The number of rotatable bonds is 2. The van der Waals surface area contributed by atoms with Gasteiger partial charge in [-0.15, -0.1) is 0 Å². The monoisotopic (exact) mass is 310 g/mol. The lowest BCUT2D eigenvalue weighted by Crippen LogP contribution is -1.98. The predicted octanol–water partition coefficient (Wildman–Crippen LogP) is 3.52. The average molecular weight is 311 g/mol. The van der Waals surface area contributed by atoms with Crippen LogP contribution in [0.5, 0.6) is 0 Å². The van der Waals surface area contributed by atoms with Crippen LogP contribution in [-0.4, -0.2) is 14.7 Å². The Labute approximate surface area is 109 Å². The molecule has 0 spiro atoms. The second-order valence-electron chi connectivity index (χ2n) is 3.78. The molecule has 0 radical (unpaired) electrons. The van der Waals surface area contributed by atoms with E-state index in [4.69, 9.17) is 0 Å². The van der Waals surface area contributed by atoms with Crippen LogP contribution >= 0.6 is 15.9 Å². The summed E-state index contributed by atoms with van der Waals surface area (Å²) in [6.07, 6.45) is 1.20. The highest BCUT2D eigenvalue weighted by Crippen LogP contribution is 2.28. The molecule has 0 fully saturated rings. The molecule has 0 heterocycles. The van der Waals surface area contributed by atoms with E-state index in [-0.39, 0.29) is 0 Å². The van der Waals surface area contributed by atoms with Crippen LogP contribution in [0.15, 0.2) is 57.9 Å². The number of benzene rings is 2. The van der Waals surface area contributed by atoms with Crippen LogP contribution < -0.4 is 0 Å². The highest BCUT2D eigenvalue weighted by atomic mass is 79.9. The first-order valence-electron chi connectivity index (χ1n) is 5.03. The van der Waals surface area contributed by atoms with Crippen LogP contribution in [0.2, 0.25) is 0 Å². The highest BCUT2D eigenvalue weighted by Gasteiger charge is 2.12. The van der Waals surface area contributed by atoms with Crippen molar-refractivity contribution in [2.45, 2.75) is 4.90 Å². The van der Waals surface area contributed by atoms with E-state index < -0.39 is 9.84 Å². The molecule has 0 atom stereocenters. The molecule has 2 rings (SSSR count). The van der Waals surface area contributed by atoms with Crippen molar-refractivity contribution in [3.05, 3.63) is 53.0 Å². The number of sulfone groups is 1. The fourth-order valence-corrected chi connectivity index (χ4v) is 3.60. The third-order valence-electron chi connectivity index (χ3n) is 2.44. The van der Waals surface area contributed by atoms with Gasteiger partial charge in [-0.25, -0.2) is 8.42 Å². The van der Waals surface area contributed by atoms with Gasteiger partial charge in [-0.2, -0.15) is 0 Å². The van der Waals surface area contributed by atoms with Crippen molar-refractivity contribution in [1.29, 1.82) is 0 Å². The summed E-state index contributed by atoms with van der Waals surface area (Å²) in [4.78, 5) is 0.317. The Kier molecular flexibility index (Phi) is 3.35. The topological polar surface area (TPSA) is 34.1 Å². The third kappa shape index (κ3) is 2.76. The van der Waals surface area contributed by atoms with Crippen LogP contribution in [0.4, 0.5) is 0 Å². The number of halogens is 1. The maximum atomic E-state index is 11.5. The van der Waals surface area contributed by atoms with E-state index in [2.05, 4.69) is 15.9 Å². The minimum atomic E-state index is -3.18. The van der Waals surface area contributed by atoms with Crippen molar-refractivity contribution >= 4 is 25.8 Å². The minimum absolute atomic E-state index is 0.317. The fourth-order valence-electron chi connectivity index (χ4n) is 1.61. The zero-order valence-electron chi connectivity index (χ0n) is 9.22. The Morgan fingerprint density at radius 3 is 2.12 bits per heavy atom. The predicted molar refractivity (Wildman–Crippen MR) is 72.7 cm³/mol.